The molecular weight excluding hydrogens is 769 g/mol. The summed E-state index contributed by atoms with van der Waals surface area (Å²) in [5.41, 5.74) is 6.01. The van der Waals surface area contributed by atoms with Gasteiger partial charge in [-0.1, -0.05) is 6.42 Å². The lowest BCUT2D eigenvalue weighted by molar-refractivity contribution is -0.135. The molecule has 0 aliphatic carbocycles. The van der Waals surface area contributed by atoms with Gasteiger partial charge < -0.3 is 50.9 Å². The summed E-state index contributed by atoms with van der Waals surface area (Å²) < 4.78 is 60.0. The van der Waals surface area contributed by atoms with Crippen molar-refractivity contribution in [2.75, 3.05) is 24.6 Å². The number of ether oxygens (including phenoxy) is 1. The van der Waals surface area contributed by atoms with Crippen LogP contribution in [0.15, 0.2) is 12.7 Å². The molecule has 5 rings (SSSR count). The summed E-state index contributed by atoms with van der Waals surface area (Å²) in [5, 5.41) is 29.2. The van der Waals surface area contributed by atoms with E-state index in [4.69, 9.17) is 10.5 Å². The number of nitrogen functional groups attached to an aromatic ring is 1. The van der Waals surface area contributed by atoms with E-state index in [1.165, 1.54) is 10.9 Å². The molecule has 3 amide bonds. The maximum Gasteiger partial charge on any atom is 0.538 e. The highest BCUT2D eigenvalue weighted by Gasteiger charge is 2.48. The van der Waals surface area contributed by atoms with E-state index in [1.54, 1.807) is 11.8 Å². The number of urea groups is 1. The van der Waals surface area contributed by atoms with Crippen molar-refractivity contribution in [3.63, 3.8) is 0 Å². The van der Waals surface area contributed by atoms with Crippen molar-refractivity contribution in [1.82, 2.24) is 35.5 Å². The molecular formula is C23H35N8O16P3S. The van der Waals surface area contributed by atoms with Gasteiger partial charge in [0, 0.05) is 24.0 Å². The third kappa shape index (κ3) is 10.2. The number of imidazole rings is 1. The third-order valence-electron chi connectivity index (χ3n) is 7.76. The fourth-order valence-corrected chi connectivity index (χ4v) is 10.5. The van der Waals surface area contributed by atoms with E-state index < -0.39 is 72.9 Å². The van der Waals surface area contributed by atoms with Crippen LogP contribution in [0.4, 0.5) is 10.6 Å². The fourth-order valence-electron chi connectivity index (χ4n) is 5.48. The zero-order valence-electron chi connectivity index (χ0n) is 26.2. The van der Waals surface area contributed by atoms with Crippen molar-refractivity contribution >= 4 is 70.1 Å². The van der Waals surface area contributed by atoms with E-state index in [2.05, 4.69) is 48.6 Å². The van der Waals surface area contributed by atoms with Crippen molar-refractivity contribution in [2.45, 2.75) is 74.0 Å². The molecule has 24 nitrogen and oxygen atoms in total. The quantitative estimate of drug-likeness (QED) is 0.0534. The smallest absolute Gasteiger partial charge is 0.387 e. The van der Waals surface area contributed by atoms with E-state index in [-0.39, 0.29) is 53.3 Å². The zero-order valence-corrected chi connectivity index (χ0v) is 29.7. The first kappa shape index (κ1) is 39.4. The molecule has 28 heteroatoms. The monoisotopic (exact) mass is 804 g/mol. The molecule has 3 aliphatic rings. The van der Waals surface area contributed by atoms with Gasteiger partial charge in [-0.2, -0.15) is 20.4 Å². The number of nitrogens with two attached hydrogens (primary N) is 1. The number of rotatable bonds is 17. The van der Waals surface area contributed by atoms with Gasteiger partial charge in [0.05, 0.1) is 31.4 Å². The molecule has 284 valence electrons. The Hall–Kier alpha value is -2.76. The number of amides is 3. The summed E-state index contributed by atoms with van der Waals surface area (Å²) in [7, 11) is -17.3. The Bertz CT molecular complexity index is 1770. The van der Waals surface area contributed by atoms with Crippen LogP contribution in [0.25, 0.3) is 11.2 Å². The molecule has 0 aromatic carbocycles. The van der Waals surface area contributed by atoms with Gasteiger partial charge in [0.1, 0.15) is 30.2 Å². The molecule has 5 heterocycles. The van der Waals surface area contributed by atoms with Gasteiger partial charge in [0.2, 0.25) is 5.91 Å². The number of carbonyl (C=O) groups excluding carboxylic acids is 3. The number of unbranched alkanes of at least 4 members (excludes halogenated alkanes) is 1. The molecule has 0 radical (unpaired) electrons. The van der Waals surface area contributed by atoms with Gasteiger partial charge in [-0.3, -0.25) is 23.6 Å². The lowest BCUT2D eigenvalue weighted by atomic mass is 10.0. The number of carbonyl (C=O) groups is 3. The summed E-state index contributed by atoms with van der Waals surface area (Å²) >= 11 is 1.74. The second kappa shape index (κ2) is 16.1. The van der Waals surface area contributed by atoms with Crippen LogP contribution in [0.1, 0.15) is 38.3 Å². The average molecular weight is 805 g/mol. The molecule has 3 fully saturated rings. The number of nitrogens with one attached hydrogen (secondary N) is 3. The lowest BCUT2D eigenvalue weighted by Crippen LogP contribution is -2.36. The minimum absolute atomic E-state index is 0.0162. The number of aliphatic hydroxyl groups is 2. The number of thioether (sulfide) groups is 1. The van der Waals surface area contributed by atoms with E-state index >= 15 is 0 Å². The summed E-state index contributed by atoms with van der Waals surface area (Å²) in [4.78, 5) is 76.8. The van der Waals surface area contributed by atoms with E-state index in [1.807, 2.05) is 0 Å². The highest BCUT2D eigenvalue weighted by atomic mass is 32.2. The minimum Gasteiger partial charge on any atom is -0.387 e. The maximum atomic E-state index is 12.3. The Labute approximate surface area is 292 Å². The van der Waals surface area contributed by atoms with Gasteiger partial charge in [0.15, 0.2) is 17.7 Å². The first-order chi connectivity index (χ1) is 23.9. The molecule has 0 bridgehead atoms. The van der Waals surface area contributed by atoms with Gasteiger partial charge in [0.25, 0.3) is 0 Å². The summed E-state index contributed by atoms with van der Waals surface area (Å²) in [6.45, 7) is -1.35. The number of hydrogen-bond donors (Lipinski definition) is 9. The molecule has 10 atom stereocenters. The molecule has 3 aliphatic heterocycles. The van der Waals surface area contributed by atoms with E-state index in [0.717, 1.165) is 18.5 Å². The van der Waals surface area contributed by atoms with Gasteiger partial charge >= 0.3 is 35.5 Å². The summed E-state index contributed by atoms with van der Waals surface area (Å²) in [6.07, 6.45) is -2.48. The number of aromatic nitrogens is 4. The van der Waals surface area contributed by atoms with Crippen LogP contribution < -0.4 is 21.7 Å². The highest BCUT2D eigenvalue weighted by Crippen LogP contribution is 2.67. The van der Waals surface area contributed by atoms with E-state index in [9.17, 15) is 53.0 Å². The van der Waals surface area contributed by atoms with Gasteiger partial charge in [-0.25, -0.2) is 33.4 Å². The number of phosphoric ester groups is 2. The van der Waals surface area contributed by atoms with Crippen LogP contribution in [0.5, 0.6) is 0 Å². The Kier molecular flexibility index (Phi) is 12.4. The van der Waals surface area contributed by atoms with Crippen molar-refractivity contribution < 1.29 is 75.4 Å². The van der Waals surface area contributed by atoms with Crippen LogP contribution in [-0.2, 0) is 45.7 Å². The zero-order chi connectivity index (χ0) is 37.1. The standard InChI is InChI=1S/C23H35N8O16P3S/c24-20-17-21(27-9-26-20)31(10-28-17)22-19(35)18(34)12(44-22)7-43-48(37,38)46-50(41,42)47-49(39,40)45-15(33)5-6-25-14(32)4-2-1-3-13-16-11(8-51-13)29-23(36)30-16/h9-13,16,18-19,22,34-35H,1-8H2,(H,25,32)(H,37,38)(H,39,40)(H,41,42)(H2,24,26,27)(H2,29,30,36)/t11-,12+,13-,16-,18+,19+,22+/m0/s1. The molecule has 3 unspecified atom stereocenters. The lowest BCUT2D eigenvalue weighted by Gasteiger charge is -2.20. The van der Waals surface area contributed by atoms with Crippen molar-refractivity contribution in [3.05, 3.63) is 12.7 Å². The summed E-state index contributed by atoms with van der Waals surface area (Å²) in [6, 6.07) is -0.0463. The largest absolute Gasteiger partial charge is 0.538 e. The first-order valence-corrected chi connectivity index (χ1v) is 20.6. The number of hydrogen-bond acceptors (Lipinski definition) is 18. The summed E-state index contributed by atoms with van der Waals surface area (Å²) in [5.74, 6) is -1.03. The molecule has 0 spiro atoms. The minimum atomic E-state index is -5.95. The first-order valence-electron chi connectivity index (χ1n) is 15.1. The van der Waals surface area contributed by atoms with Gasteiger partial charge in [-0.05, 0) is 12.8 Å². The van der Waals surface area contributed by atoms with Crippen molar-refractivity contribution in [3.8, 4) is 0 Å². The predicted octanol–water partition coefficient (Wildman–Crippen LogP) is -0.846. The molecule has 0 saturated carbocycles. The molecule has 10 N–H and O–H groups in total. The van der Waals surface area contributed by atoms with Crippen LogP contribution >= 0.6 is 35.2 Å². The van der Waals surface area contributed by atoms with Crippen molar-refractivity contribution in [1.29, 1.82) is 0 Å². The number of fused-ring (bicyclic) bond motifs is 2. The SMILES string of the molecule is Nc1ncnc2c1ncn2[C@@H]1O[C@H](COP(=O)(O)OP(=O)(O)OP(=O)(O)OC(=O)CCNC(=O)CCCC[C@@H]2SC[C@@H]3NC(=O)N[C@@H]32)[C@@H](O)[C@H]1O. The average Bonchev–Trinajstić information content (AvgIpc) is 3.77. The highest BCUT2D eigenvalue weighted by molar-refractivity contribution is 8.00. The number of nitrogens with zero attached hydrogens (tertiary/aromatic N) is 4. The molecule has 51 heavy (non-hydrogen) atoms. The van der Waals surface area contributed by atoms with Crippen LogP contribution in [0, 0.1) is 0 Å². The Morgan fingerprint density at radius 1 is 1.04 bits per heavy atom. The normalized spacial score (nSPS) is 29.4. The predicted molar refractivity (Wildman–Crippen MR) is 171 cm³/mol. The second-order valence-corrected chi connectivity index (χ2v) is 17.3. The molecule has 3 saturated heterocycles. The molecule has 2 aromatic heterocycles. The maximum absolute atomic E-state index is 12.3. The van der Waals surface area contributed by atoms with Crippen LogP contribution in [0.3, 0.4) is 0 Å². The van der Waals surface area contributed by atoms with Crippen molar-refractivity contribution in [2.24, 2.45) is 0 Å². The topological polar surface area (TPSA) is 355 Å². The van der Waals surface area contributed by atoms with Crippen LogP contribution in [-0.4, -0.2) is 117 Å². The Balaban J connectivity index is 0.997. The molecule has 2 aromatic rings. The Morgan fingerprint density at radius 2 is 1.78 bits per heavy atom. The number of anilines is 1. The number of aliphatic hydroxyl groups excluding tert-OH is 2. The van der Waals surface area contributed by atoms with E-state index in [0.29, 0.717) is 12.8 Å². The Morgan fingerprint density at radius 3 is 2.55 bits per heavy atom. The second-order valence-electron chi connectivity index (χ2n) is 11.4. The third-order valence-corrected chi connectivity index (χ3v) is 13.5. The van der Waals surface area contributed by atoms with Crippen LogP contribution in [0.2, 0.25) is 0 Å². The fraction of sp³-hybridized carbons (Fsp3) is 0.652. The number of phosphoric acid groups is 3. The van der Waals surface area contributed by atoms with Gasteiger partial charge in [-0.15, -0.1) is 0 Å².